The van der Waals surface area contributed by atoms with Crippen molar-refractivity contribution in [3.8, 4) is 0 Å². The number of hydrogen-bond donors (Lipinski definition) is 2. The lowest BCUT2D eigenvalue weighted by molar-refractivity contribution is 0.173. The lowest BCUT2D eigenvalue weighted by atomic mass is 10.2. The van der Waals surface area contributed by atoms with Gasteiger partial charge in [0, 0.05) is 36.8 Å². The smallest absolute Gasteiger partial charge is 0.127 e. The molecule has 1 rings (SSSR count). The molecule has 0 unspecified atom stereocenters. The van der Waals surface area contributed by atoms with Gasteiger partial charge in [-0.25, -0.2) is 4.39 Å². The normalized spacial score (nSPS) is 11.1. The minimum absolute atomic E-state index is 0.00755. The molecule has 0 aliphatic carbocycles. The van der Waals surface area contributed by atoms with E-state index in [1.807, 2.05) is 4.90 Å². The van der Waals surface area contributed by atoms with Crippen molar-refractivity contribution in [1.82, 2.24) is 4.90 Å². The molecule has 0 amide bonds. The van der Waals surface area contributed by atoms with Gasteiger partial charge >= 0.3 is 0 Å². The average molecular weight is 262 g/mol. The van der Waals surface area contributed by atoms with Gasteiger partial charge in [0.1, 0.15) is 5.82 Å². The molecule has 0 atom stereocenters. The van der Waals surface area contributed by atoms with Crippen molar-refractivity contribution in [2.75, 3.05) is 26.3 Å². The second kappa shape index (κ2) is 7.61. The summed E-state index contributed by atoms with van der Waals surface area (Å²) in [5.41, 5.74) is 0.504. The minimum Gasteiger partial charge on any atom is -0.396 e. The van der Waals surface area contributed by atoms with Crippen molar-refractivity contribution in [2.24, 2.45) is 0 Å². The van der Waals surface area contributed by atoms with Crippen LogP contribution in [0.25, 0.3) is 0 Å². The van der Waals surface area contributed by atoms with E-state index < -0.39 is 0 Å². The molecule has 2 N–H and O–H groups in total. The lowest BCUT2D eigenvalue weighted by Crippen LogP contribution is -2.28. The van der Waals surface area contributed by atoms with Crippen molar-refractivity contribution < 1.29 is 14.6 Å². The van der Waals surface area contributed by atoms with E-state index in [2.05, 4.69) is 0 Å². The van der Waals surface area contributed by atoms with E-state index in [0.29, 0.717) is 36.6 Å². The maximum atomic E-state index is 13.5. The van der Waals surface area contributed by atoms with Gasteiger partial charge in [-0.1, -0.05) is 11.6 Å². The van der Waals surface area contributed by atoms with E-state index >= 15 is 0 Å². The predicted octanol–water partition coefficient (Wildman–Crippen LogP) is 1.66. The third kappa shape index (κ3) is 5.00. The maximum absolute atomic E-state index is 13.5. The van der Waals surface area contributed by atoms with Crippen molar-refractivity contribution in [3.63, 3.8) is 0 Å². The molecule has 0 fully saturated rings. The Morgan fingerprint density at radius 2 is 1.94 bits per heavy atom. The van der Waals surface area contributed by atoms with Crippen LogP contribution < -0.4 is 0 Å². The first-order valence-corrected chi connectivity index (χ1v) is 5.93. The van der Waals surface area contributed by atoms with Crippen LogP contribution >= 0.6 is 11.6 Å². The molecule has 0 heterocycles. The number of nitrogens with zero attached hydrogens (tertiary/aromatic N) is 1. The van der Waals surface area contributed by atoms with Crippen LogP contribution in [0.3, 0.4) is 0 Å². The summed E-state index contributed by atoms with van der Waals surface area (Å²) < 4.78 is 13.5. The molecule has 0 saturated heterocycles. The van der Waals surface area contributed by atoms with Gasteiger partial charge in [-0.15, -0.1) is 0 Å². The standard InChI is InChI=1S/C12H17ClFNO2/c13-11-2-3-12(14)10(8-11)9-15(5-7-17)4-1-6-16/h2-3,8,16-17H,1,4-7,9H2. The topological polar surface area (TPSA) is 43.7 Å². The Hall–Kier alpha value is -0.680. The quantitative estimate of drug-likeness (QED) is 0.785. The highest BCUT2D eigenvalue weighted by atomic mass is 35.5. The first-order chi connectivity index (χ1) is 8.17. The van der Waals surface area contributed by atoms with E-state index in [-0.39, 0.29) is 19.0 Å². The highest BCUT2D eigenvalue weighted by molar-refractivity contribution is 6.30. The second-order valence-electron chi connectivity index (χ2n) is 3.81. The zero-order valence-electron chi connectivity index (χ0n) is 9.57. The van der Waals surface area contributed by atoms with Crippen LogP contribution in [0.2, 0.25) is 5.02 Å². The van der Waals surface area contributed by atoms with Crippen LogP contribution in [0, 0.1) is 5.82 Å². The number of rotatable bonds is 7. The Bertz CT molecular complexity index is 349. The van der Waals surface area contributed by atoms with E-state index in [9.17, 15) is 4.39 Å². The largest absolute Gasteiger partial charge is 0.396 e. The Kier molecular flexibility index (Phi) is 6.44. The fraction of sp³-hybridized carbons (Fsp3) is 0.500. The van der Waals surface area contributed by atoms with Gasteiger partial charge < -0.3 is 10.2 Å². The predicted molar refractivity (Wildman–Crippen MR) is 65.5 cm³/mol. The zero-order chi connectivity index (χ0) is 12.7. The van der Waals surface area contributed by atoms with Crippen molar-refractivity contribution in [1.29, 1.82) is 0 Å². The first-order valence-electron chi connectivity index (χ1n) is 5.55. The molecule has 0 aromatic heterocycles. The Balaban J connectivity index is 2.67. The van der Waals surface area contributed by atoms with Gasteiger partial charge in [-0.05, 0) is 24.6 Å². The van der Waals surface area contributed by atoms with Gasteiger partial charge in [0.05, 0.1) is 6.61 Å². The van der Waals surface area contributed by atoms with Crippen molar-refractivity contribution in [2.45, 2.75) is 13.0 Å². The van der Waals surface area contributed by atoms with Crippen LogP contribution in [-0.4, -0.2) is 41.4 Å². The molecule has 0 saturated carbocycles. The summed E-state index contributed by atoms with van der Waals surface area (Å²) in [6, 6.07) is 4.42. The first kappa shape index (κ1) is 14.4. The SMILES string of the molecule is OCCCN(CCO)Cc1cc(Cl)ccc1F. The minimum atomic E-state index is -0.304. The molecule has 0 bridgehead atoms. The molecule has 17 heavy (non-hydrogen) atoms. The van der Waals surface area contributed by atoms with Crippen molar-refractivity contribution in [3.05, 3.63) is 34.6 Å². The molecule has 0 spiro atoms. The summed E-state index contributed by atoms with van der Waals surface area (Å²) in [5, 5.41) is 18.2. The molecule has 0 aliphatic rings. The molecule has 1 aromatic carbocycles. The second-order valence-corrected chi connectivity index (χ2v) is 4.25. The van der Waals surface area contributed by atoms with Crippen LogP contribution in [0.15, 0.2) is 18.2 Å². The number of aliphatic hydroxyl groups is 2. The third-order valence-electron chi connectivity index (χ3n) is 2.45. The van der Waals surface area contributed by atoms with E-state index in [4.69, 9.17) is 21.8 Å². The van der Waals surface area contributed by atoms with E-state index in [1.54, 1.807) is 6.07 Å². The fourth-order valence-corrected chi connectivity index (χ4v) is 1.81. The van der Waals surface area contributed by atoms with Crippen LogP contribution in [0.5, 0.6) is 0 Å². The highest BCUT2D eigenvalue weighted by Crippen LogP contribution is 2.16. The number of benzene rings is 1. The van der Waals surface area contributed by atoms with Gasteiger partial charge in [0.25, 0.3) is 0 Å². The summed E-state index contributed by atoms with van der Waals surface area (Å²) in [6.45, 7) is 1.54. The zero-order valence-corrected chi connectivity index (χ0v) is 10.3. The lowest BCUT2D eigenvalue weighted by Gasteiger charge is -2.21. The summed E-state index contributed by atoms with van der Waals surface area (Å²) >= 11 is 5.81. The number of aliphatic hydroxyl groups excluding tert-OH is 2. The molecule has 5 heteroatoms. The molecule has 0 radical (unpaired) electrons. The van der Waals surface area contributed by atoms with E-state index in [0.717, 1.165) is 0 Å². The van der Waals surface area contributed by atoms with Gasteiger partial charge in [0.15, 0.2) is 0 Å². The number of halogens is 2. The van der Waals surface area contributed by atoms with E-state index in [1.165, 1.54) is 12.1 Å². The molecule has 0 aliphatic heterocycles. The van der Waals surface area contributed by atoms with Crippen LogP contribution in [-0.2, 0) is 6.54 Å². The summed E-state index contributed by atoms with van der Waals surface area (Å²) in [6.07, 6.45) is 0.599. The molecule has 3 nitrogen and oxygen atoms in total. The Morgan fingerprint density at radius 3 is 2.59 bits per heavy atom. The molecular formula is C12H17ClFNO2. The maximum Gasteiger partial charge on any atom is 0.127 e. The third-order valence-corrected chi connectivity index (χ3v) is 2.69. The van der Waals surface area contributed by atoms with Crippen molar-refractivity contribution >= 4 is 11.6 Å². The van der Waals surface area contributed by atoms with Crippen LogP contribution in [0.1, 0.15) is 12.0 Å². The molecule has 1 aromatic rings. The monoisotopic (exact) mass is 261 g/mol. The number of hydrogen-bond acceptors (Lipinski definition) is 3. The summed E-state index contributed by atoms with van der Waals surface area (Å²) in [4.78, 5) is 1.88. The Labute approximate surface area is 105 Å². The van der Waals surface area contributed by atoms with Gasteiger partial charge in [-0.3, -0.25) is 4.90 Å². The van der Waals surface area contributed by atoms with Gasteiger partial charge in [-0.2, -0.15) is 0 Å². The van der Waals surface area contributed by atoms with Gasteiger partial charge in [0.2, 0.25) is 0 Å². The summed E-state index contributed by atoms with van der Waals surface area (Å²) in [5.74, 6) is -0.304. The molecular weight excluding hydrogens is 245 g/mol. The summed E-state index contributed by atoms with van der Waals surface area (Å²) in [7, 11) is 0. The average Bonchev–Trinajstić information content (AvgIpc) is 2.31. The Morgan fingerprint density at radius 1 is 1.18 bits per heavy atom. The fourth-order valence-electron chi connectivity index (χ4n) is 1.61. The van der Waals surface area contributed by atoms with Crippen LogP contribution in [0.4, 0.5) is 4.39 Å². The highest BCUT2D eigenvalue weighted by Gasteiger charge is 2.09. The molecule has 96 valence electrons.